The Kier molecular flexibility index (Phi) is 7.03. The molecular formula is C29H27IrN3O-2. The smallest absolute Gasteiger partial charge is 0.218 e. The van der Waals surface area contributed by atoms with Gasteiger partial charge in [-0.2, -0.15) is 42.0 Å². The third-order valence-electron chi connectivity index (χ3n) is 4.46. The first-order valence-corrected chi connectivity index (χ1v) is 10.0. The van der Waals surface area contributed by atoms with E-state index in [-0.39, 0.29) is 48.5 Å². The van der Waals surface area contributed by atoms with Crippen LogP contribution in [0.5, 0.6) is 5.88 Å². The van der Waals surface area contributed by atoms with Crippen LogP contribution < -0.4 is 4.74 Å². The molecule has 2 atom stereocenters. The van der Waals surface area contributed by atoms with Crippen LogP contribution in [0.4, 0.5) is 0 Å². The van der Waals surface area contributed by atoms with Gasteiger partial charge in [-0.1, -0.05) is 29.9 Å². The van der Waals surface area contributed by atoms with E-state index in [1.165, 1.54) is 6.07 Å². The summed E-state index contributed by atoms with van der Waals surface area (Å²) in [4.78, 5) is 11.8. The summed E-state index contributed by atoms with van der Waals surface area (Å²) in [5, 5.41) is 0. The standard InChI is InChI=1S/C18H17N2O.C6H5.C5H5N.Ir/c1-5-14-15-8-7-12(3)20-18(15)21-17(14)13(4)16-9-6-11(2)10-19-16;2*1-2-4-6-5-3-1;/h4-10,14,17H,1H2,2-3H3;2*1-5H;/q2*-1;;/i2D3,3D3,6D,9D;;;. The molecule has 1 aromatic carbocycles. The number of hydrogen-bond acceptors (Lipinski definition) is 4. The predicted molar refractivity (Wildman–Crippen MR) is 133 cm³/mol. The van der Waals surface area contributed by atoms with Gasteiger partial charge in [-0.15, -0.1) is 12.6 Å². The van der Waals surface area contributed by atoms with Crippen LogP contribution in [0.2, 0.25) is 0 Å². The number of hydrogen-bond donors (Lipinski definition) is 0. The number of rotatable bonds is 3. The van der Waals surface area contributed by atoms with Gasteiger partial charge in [0.1, 0.15) is 6.10 Å². The van der Waals surface area contributed by atoms with E-state index in [4.69, 9.17) is 22.3 Å². The molecule has 0 saturated carbocycles. The second-order valence-corrected chi connectivity index (χ2v) is 6.72. The normalized spacial score (nSPS) is 19.2. The molecule has 1 aliphatic rings. The Labute approximate surface area is 227 Å². The van der Waals surface area contributed by atoms with Crippen molar-refractivity contribution in [3.63, 3.8) is 0 Å². The molecule has 0 spiro atoms. The van der Waals surface area contributed by atoms with Gasteiger partial charge in [-0.25, -0.2) is 4.98 Å². The molecule has 5 heteroatoms. The number of aryl methyl sites for hydroxylation is 2. The van der Waals surface area contributed by atoms with Crippen molar-refractivity contribution in [1.29, 1.82) is 0 Å². The van der Waals surface area contributed by atoms with Crippen molar-refractivity contribution in [2.24, 2.45) is 0 Å². The fraction of sp³-hybridized carbons (Fsp3) is 0.138. The minimum Gasteiger partial charge on any atom is -0.471 e. The molecule has 4 heterocycles. The molecule has 4 aromatic rings. The van der Waals surface area contributed by atoms with Crippen LogP contribution >= 0.6 is 0 Å². The summed E-state index contributed by atoms with van der Waals surface area (Å²) in [6.45, 7) is 4.97. The van der Waals surface area contributed by atoms with Crippen molar-refractivity contribution < 1.29 is 35.8 Å². The summed E-state index contributed by atoms with van der Waals surface area (Å²) in [5.41, 5.74) is 0.0207. The van der Waals surface area contributed by atoms with E-state index >= 15 is 0 Å². The summed E-state index contributed by atoms with van der Waals surface area (Å²) in [6.07, 6.45) is 5.18. The SMILES string of the molecule is [2H]c1c(C([2H])([2H])[2H])cnc(C(=[CH-])C2Oc3nc(C([2H])([2H])[2H])ccc3C2C=C)c1[2H].[Ir].[c-]1ccccc1.c1ccncc1. The zero-order chi connectivity index (χ0) is 30.2. The Hall–Kier alpha value is -3.40. The Morgan fingerprint density at radius 2 is 1.88 bits per heavy atom. The molecule has 0 fully saturated rings. The molecule has 175 valence electrons. The fourth-order valence-electron chi connectivity index (χ4n) is 2.92. The molecule has 0 bridgehead atoms. The molecule has 5 rings (SSSR count). The molecule has 2 unspecified atom stereocenters. The van der Waals surface area contributed by atoms with E-state index in [2.05, 4.69) is 27.6 Å². The summed E-state index contributed by atoms with van der Waals surface area (Å²) in [7, 11) is 0. The monoisotopic (exact) mass is 634 g/mol. The van der Waals surface area contributed by atoms with E-state index in [0.29, 0.717) is 5.56 Å². The van der Waals surface area contributed by atoms with Crippen LogP contribution in [0.1, 0.15) is 39.4 Å². The average Bonchev–Trinajstić information content (AvgIpc) is 3.33. The minimum absolute atomic E-state index is 0. The zero-order valence-electron chi connectivity index (χ0n) is 26.1. The van der Waals surface area contributed by atoms with Gasteiger partial charge in [-0.3, -0.25) is 11.6 Å². The molecule has 4 nitrogen and oxygen atoms in total. The number of pyridine rings is 3. The Bertz CT molecular complexity index is 1380. The number of benzene rings is 1. The summed E-state index contributed by atoms with van der Waals surface area (Å²) in [5.74, 6) is -0.394. The molecule has 1 radical (unpaired) electrons. The van der Waals surface area contributed by atoms with Gasteiger partial charge in [0.25, 0.3) is 0 Å². The minimum atomic E-state index is -2.58. The molecule has 0 aliphatic carbocycles. The van der Waals surface area contributed by atoms with Crippen molar-refractivity contribution in [2.75, 3.05) is 0 Å². The molecular weight excluding hydrogens is 599 g/mol. The third kappa shape index (κ3) is 7.58. The topological polar surface area (TPSA) is 47.9 Å². The number of fused-ring (bicyclic) bond motifs is 1. The maximum atomic E-state index is 8.14. The Morgan fingerprint density at radius 3 is 2.41 bits per heavy atom. The second kappa shape index (κ2) is 14.0. The molecule has 1 aliphatic heterocycles. The quantitative estimate of drug-likeness (QED) is 0.199. The van der Waals surface area contributed by atoms with Crippen LogP contribution in [0.25, 0.3) is 5.57 Å². The van der Waals surface area contributed by atoms with Crippen LogP contribution in [0, 0.1) is 26.3 Å². The summed E-state index contributed by atoms with van der Waals surface area (Å²) >= 11 is 0. The first kappa shape index (κ1) is 17.1. The van der Waals surface area contributed by atoms with Crippen LogP contribution in [0.15, 0.2) is 104 Å². The summed E-state index contributed by atoms with van der Waals surface area (Å²) < 4.78 is 66.7. The van der Waals surface area contributed by atoms with Gasteiger partial charge in [0, 0.05) is 65.5 Å². The van der Waals surface area contributed by atoms with Crippen LogP contribution in [-0.4, -0.2) is 21.1 Å². The number of aromatic nitrogens is 3. The summed E-state index contributed by atoms with van der Waals surface area (Å²) in [6, 6.07) is 20.2. The van der Waals surface area contributed by atoms with E-state index in [9.17, 15) is 0 Å². The van der Waals surface area contributed by atoms with E-state index in [1.807, 2.05) is 48.5 Å². The largest absolute Gasteiger partial charge is 0.471 e. The first-order chi connectivity index (χ1) is 19.4. The van der Waals surface area contributed by atoms with Gasteiger partial charge in [0.2, 0.25) is 5.88 Å². The van der Waals surface area contributed by atoms with Gasteiger partial charge in [0.15, 0.2) is 0 Å². The van der Waals surface area contributed by atoms with E-state index in [0.717, 1.165) is 6.20 Å². The zero-order valence-corrected chi connectivity index (χ0v) is 20.5. The van der Waals surface area contributed by atoms with Gasteiger partial charge in [-0.05, 0) is 37.5 Å². The van der Waals surface area contributed by atoms with E-state index < -0.39 is 37.8 Å². The van der Waals surface area contributed by atoms with Crippen molar-refractivity contribution in [2.45, 2.75) is 25.7 Å². The van der Waals surface area contributed by atoms with Crippen molar-refractivity contribution >= 4 is 5.57 Å². The predicted octanol–water partition coefficient (Wildman–Crippen LogP) is 6.21. The molecule has 0 amide bonds. The number of ether oxygens (including phenoxy) is 1. The second-order valence-electron chi connectivity index (χ2n) is 6.72. The third-order valence-corrected chi connectivity index (χ3v) is 4.46. The Balaban J connectivity index is 0.000000390. The molecule has 0 saturated heterocycles. The van der Waals surface area contributed by atoms with Gasteiger partial charge in [0.05, 0.1) is 1.37 Å². The molecule has 0 N–H and O–H groups in total. The Morgan fingerprint density at radius 1 is 1.12 bits per heavy atom. The van der Waals surface area contributed by atoms with Crippen molar-refractivity contribution in [3.8, 4) is 5.88 Å². The van der Waals surface area contributed by atoms with Gasteiger partial charge >= 0.3 is 0 Å². The number of nitrogens with zero attached hydrogens (tertiary/aromatic N) is 3. The molecule has 3 aromatic heterocycles. The van der Waals surface area contributed by atoms with Crippen molar-refractivity contribution in [3.05, 3.63) is 139 Å². The van der Waals surface area contributed by atoms with Crippen molar-refractivity contribution in [1.82, 2.24) is 15.0 Å². The van der Waals surface area contributed by atoms with Crippen LogP contribution in [0.3, 0.4) is 0 Å². The van der Waals surface area contributed by atoms with E-state index in [1.54, 1.807) is 24.5 Å². The molecule has 34 heavy (non-hydrogen) atoms. The van der Waals surface area contributed by atoms with Crippen LogP contribution in [-0.2, 0) is 20.1 Å². The maximum absolute atomic E-state index is 8.14. The maximum Gasteiger partial charge on any atom is 0.218 e. The fourth-order valence-corrected chi connectivity index (χ4v) is 2.92. The first-order valence-electron chi connectivity index (χ1n) is 14.0. The average molecular weight is 634 g/mol. The van der Waals surface area contributed by atoms with Gasteiger partial charge < -0.3 is 9.72 Å².